The number of aromatic nitrogens is 2. The summed E-state index contributed by atoms with van der Waals surface area (Å²) in [4.78, 5) is 9.04. The van der Waals surface area contributed by atoms with E-state index in [9.17, 15) is 5.11 Å². The summed E-state index contributed by atoms with van der Waals surface area (Å²) in [7, 11) is 1.71. The number of nitrogens with zero attached hydrogens (tertiary/aromatic N) is 4. The van der Waals surface area contributed by atoms with Gasteiger partial charge < -0.3 is 24.0 Å². The number of ether oxygens (including phenoxy) is 2. The molecule has 0 bridgehead atoms. The Kier molecular flexibility index (Phi) is 8.60. The van der Waals surface area contributed by atoms with E-state index < -0.39 is 6.10 Å². The van der Waals surface area contributed by atoms with Crippen LogP contribution in [-0.4, -0.2) is 72.7 Å². The van der Waals surface area contributed by atoms with Crippen LogP contribution in [0, 0.1) is 0 Å². The number of methoxy groups -OCH3 is 1. The Labute approximate surface area is 207 Å². The first kappa shape index (κ1) is 25.0. The molecule has 8 nitrogen and oxygen atoms in total. The molecular weight excluding hydrogens is 444 g/mol. The second-order valence-electron chi connectivity index (χ2n) is 9.27. The Morgan fingerprint density at radius 2 is 1.74 bits per heavy atom. The average Bonchev–Trinajstić information content (AvgIpc) is 3.37. The van der Waals surface area contributed by atoms with Gasteiger partial charge in [0.05, 0.1) is 12.8 Å². The van der Waals surface area contributed by atoms with Gasteiger partial charge >= 0.3 is 0 Å². The fraction of sp³-hybridized carbons (Fsp3) is 0.481. The molecule has 0 aliphatic carbocycles. The molecule has 0 amide bonds. The van der Waals surface area contributed by atoms with E-state index in [2.05, 4.69) is 26.0 Å². The number of hydrogen-bond donors (Lipinski definition) is 1. The summed E-state index contributed by atoms with van der Waals surface area (Å²) in [6.45, 7) is 8.55. The molecule has 8 heteroatoms. The Bertz CT molecular complexity index is 1050. The quantitative estimate of drug-likeness (QED) is 0.446. The molecule has 2 heterocycles. The molecule has 4 rings (SSSR count). The van der Waals surface area contributed by atoms with E-state index in [1.165, 1.54) is 5.56 Å². The van der Waals surface area contributed by atoms with Crippen LogP contribution in [0.1, 0.15) is 37.0 Å². The zero-order valence-electron chi connectivity index (χ0n) is 20.9. The lowest BCUT2D eigenvalue weighted by Gasteiger charge is -2.37. The van der Waals surface area contributed by atoms with Crippen LogP contribution in [0.5, 0.6) is 11.5 Å². The normalized spacial score (nSPS) is 15.4. The lowest BCUT2D eigenvalue weighted by molar-refractivity contribution is 0.0663. The molecule has 35 heavy (non-hydrogen) atoms. The molecular formula is C27H36N4O4. The predicted octanol–water partition coefficient (Wildman–Crippen LogP) is 3.55. The van der Waals surface area contributed by atoms with Crippen molar-refractivity contribution in [1.29, 1.82) is 0 Å². The van der Waals surface area contributed by atoms with E-state index in [-0.39, 0.29) is 12.5 Å². The van der Waals surface area contributed by atoms with Gasteiger partial charge in [0.1, 0.15) is 24.2 Å². The van der Waals surface area contributed by atoms with E-state index in [4.69, 9.17) is 14.0 Å². The third-order valence-electron chi connectivity index (χ3n) is 6.26. The van der Waals surface area contributed by atoms with Gasteiger partial charge in [-0.25, -0.2) is 0 Å². The molecule has 1 atom stereocenters. The van der Waals surface area contributed by atoms with Crippen LogP contribution in [0.4, 0.5) is 5.69 Å². The van der Waals surface area contributed by atoms with Crippen molar-refractivity contribution in [2.75, 3.05) is 51.3 Å². The zero-order chi connectivity index (χ0) is 24.6. The monoisotopic (exact) mass is 480 g/mol. The molecule has 0 spiro atoms. The van der Waals surface area contributed by atoms with Crippen LogP contribution < -0.4 is 14.4 Å². The molecule has 188 valence electrons. The fourth-order valence-electron chi connectivity index (χ4n) is 4.21. The highest BCUT2D eigenvalue weighted by Gasteiger charge is 2.21. The van der Waals surface area contributed by atoms with Gasteiger partial charge in [0.25, 0.3) is 0 Å². The summed E-state index contributed by atoms with van der Waals surface area (Å²) < 4.78 is 16.6. The van der Waals surface area contributed by atoms with Crippen LogP contribution in [0.15, 0.2) is 53.1 Å². The highest BCUT2D eigenvalue weighted by atomic mass is 16.5. The third-order valence-corrected chi connectivity index (χ3v) is 6.26. The average molecular weight is 481 g/mol. The summed E-state index contributed by atoms with van der Waals surface area (Å²) >= 11 is 0. The van der Waals surface area contributed by atoms with Gasteiger partial charge in [0.2, 0.25) is 5.89 Å². The Morgan fingerprint density at radius 1 is 1.00 bits per heavy atom. The van der Waals surface area contributed by atoms with E-state index in [0.717, 1.165) is 55.6 Å². The van der Waals surface area contributed by atoms with Crippen LogP contribution in [-0.2, 0) is 12.8 Å². The molecule has 2 aromatic carbocycles. The zero-order valence-corrected chi connectivity index (χ0v) is 20.9. The van der Waals surface area contributed by atoms with Crippen molar-refractivity contribution in [2.45, 2.75) is 38.7 Å². The summed E-state index contributed by atoms with van der Waals surface area (Å²) in [6.07, 6.45) is 0.993. The lowest BCUT2D eigenvalue weighted by atomic mass is 10.1. The Hall–Kier alpha value is -3.10. The number of hydrogen-bond acceptors (Lipinski definition) is 8. The number of piperazine rings is 1. The van der Waals surface area contributed by atoms with Crippen molar-refractivity contribution in [3.63, 3.8) is 0 Å². The molecule has 0 saturated carbocycles. The fourth-order valence-corrected chi connectivity index (χ4v) is 4.21. The number of aryl methyl sites for hydroxylation is 2. The molecule has 1 N–H and O–H groups in total. The van der Waals surface area contributed by atoms with E-state index in [1.807, 2.05) is 56.3 Å². The number of rotatable bonds is 11. The van der Waals surface area contributed by atoms with E-state index in [1.54, 1.807) is 7.11 Å². The van der Waals surface area contributed by atoms with E-state index in [0.29, 0.717) is 18.9 Å². The number of para-hydroxylation sites is 2. The summed E-state index contributed by atoms with van der Waals surface area (Å²) in [5.41, 5.74) is 2.30. The van der Waals surface area contributed by atoms with Gasteiger partial charge in [0.15, 0.2) is 5.82 Å². The van der Waals surface area contributed by atoms with Crippen molar-refractivity contribution in [3.05, 3.63) is 65.8 Å². The van der Waals surface area contributed by atoms with Crippen LogP contribution in [0.25, 0.3) is 0 Å². The standard InChI is InChI=1S/C27H36N4O4/c1-20(2)27-28-26(35-29-27)13-10-21-8-11-23(12-9-21)34-19-22(32)18-30-14-16-31(17-15-30)24-6-4-5-7-25(24)33-3/h4-9,11-12,20,22,32H,10,13-19H2,1-3H3. The van der Waals surface area contributed by atoms with E-state index >= 15 is 0 Å². The number of anilines is 1. The molecule has 1 aliphatic heterocycles. The van der Waals surface area contributed by atoms with Gasteiger partial charge in [-0.2, -0.15) is 4.98 Å². The molecule has 3 aromatic rings. The minimum absolute atomic E-state index is 0.266. The molecule has 1 unspecified atom stereocenters. The van der Waals surface area contributed by atoms with Crippen LogP contribution in [0.2, 0.25) is 0 Å². The van der Waals surface area contributed by atoms with Gasteiger partial charge in [-0.1, -0.05) is 43.3 Å². The van der Waals surface area contributed by atoms with Gasteiger partial charge in [-0.05, 0) is 36.2 Å². The maximum atomic E-state index is 10.5. The van der Waals surface area contributed by atoms with Crippen LogP contribution >= 0.6 is 0 Å². The van der Waals surface area contributed by atoms with Crippen molar-refractivity contribution in [3.8, 4) is 11.5 Å². The highest BCUT2D eigenvalue weighted by Crippen LogP contribution is 2.28. The molecule has 1 saturated heterocycles. The minimum Gasteiger partial charge on any atom is -0.495 e. The Balaban J connectivity index is 1.17. The topological polar surface area (TPSA) is 84.1 Å². The van der Waals surface area contributed by atoms with Crippen molar-refractivity contribution < 1.29 is 19.1 Å². The highest BCUT2D eigenvalue weighted by molar-refractivity contribution is 5.58. The Morgan fingerprint density at radius 3 is 2.43 bits per heavy atom. The maximum absolute atomic E-state index is 10.5. The molecule has 1 fully saturated rings. The first-order valence-electron chi connectivity index (χ1n) is 12.3. The number of β-amino-alcohol motifs (C(OH)–C–C–N with tert-alkyl or cyclic N) is 1. The first-order chi connectivity index (χ1) is 17.0. The summed E-state index contributed by atoms with van der Waals surface area (Å²) in [6, 6.07) is 16.1. The van der Waals surface area contributed by atoms with Crippen molar-refractivity contribution >= 4 is 5.69 Å². The van der Waals surface area contributed by atoms with Gasteiger partial charge in [0, 0.05) is 45.1 Å². The summed E-state index contributed by atoms with van der Waals surface area (Å²) in [5.74, 6) is 3.34. The number of aliphatic hydroxyl groups excluding tert-OH is 1. The molecule has 0 radical (unpaired) electrons. The largest absolute Gasteiger partial charge is 0.495 e. The molecule has 1 aromatic heterocycles. The number of aliphatic hydroxyl groups is 1. The van der Waals surface area contributed by atoms with Crippen molar-refractivity contribution in [2.24, 2.45) is 0 Å². The third kappa shape index (κ3) is 6.96. The number of benzene rings is 2. The molecule has 1 aliphatic rings. The smallest absolute Gasteiger partial charge is 0.226 e. The van der Waals surface area contributed by atoms with Crippen molar-refractivity contribution in [1.82, 2.24) is 15.0 Å². The summed E-state index contributed by atoms with van der Waals surface area (Å²) in [5, 5.41) is 14.5. The van der Waals surface area contributed by atoms with Gasteiger partial charge in [-0.15, -0.1) is 0 Å². The first-order valence-corrected chi connectivity index (χ1v) is 12.3. The predicted molar refractivity (Wildman–Crippen MR) is 135 cm³/mol. The minimum atomic E-state index is -0.542. The van der Waals surface area contributed by atoms with Gasteiger partial charge in [-0.3, -0.25) is 4.90 Å². The maximum Gasteiger partial charge on any atom is 0.226 e. The van der Waals surface area contributed by atoms with Crippen LogP contribution in [0.3, 0.4) is 0 Å². The second kappa shape index (κ2) is 12.0. The SMILES string of the molecule is COc1ccccc1N1CCN(CC(O)COc2ccc(CCc3nc(C(C)C)no3)cc2)CC1. The lowest BCUT2D eigenvalue weighted by Crippen LogP contribution is -2.49. The second-order valence-corrected chi connectivity index (χ2v) is 9.27.